The highest BCUT2D eigenvalue weighted by molar-refractivity contribution is 6.02. The van der Waals surface area contributed by atoms with E-state index >= 15 is 0 Å². The molecule has 0 spiro atoms. The number of aromatic nitrogens is 2. The van der Waals surface area contributed by atoms with E-state index in [1.807, 2.05) is 55.6 Å². The summed E-state index contributed by atoms with van der Waals surface area (Å²) in [6, 6.07) is 16.0. The number of benzene rings is 2. The van der Waals surface area contributed by atoms with Crippen LogP contribution in [0.25, 0.3) is 21.8 Å². The third kappa shape index (κ3) is 2.59. The summed E-state index contributed by atoms with van der Waals surface area (Å²) in [5.41, 5.74) is 5.06. The number of hydrogen-bond donors (Lipinski definition) is 3. The number of nitrogens with one attached hydrogen (secondary N) is 3. The lowest BCUT2D eigenvalue weighted by molar-refractivity contribution is -0.115. The first-order valence-electron chi connectivity index (χ1n) is 7.63. The van der Waals surface area contributed by atoms with Crippen molar-refractivity contribution in [3.05, 3.63) is 66.0 Å². The highest BCUT2D eigenvalue weighted by Gasteiger charge is 2.09. The monoisotopic (exact) mass is 303 g/mol. The summed E-state index contributed by atoms with van der Waals surface area (Å²) in [6.45, 7) is 2.01. The smallest absolute Gasteiger partial charge is 0.228 e. The molecule has 0 saturated heterocycles. The molecule has 0 aliphatic rings. The maximum atomic E-state index is 12.4. The van der Waals surface area contributed by atoms with Crippen molar-refractivity contribution in [3.8, 4) is 0 Å². The van der Waals surface area contributed by atoms with Crippen molar-refractivity contribution in [2.45, 2.75) is 13.3 Å². The van der Waals surface area contributed by atoms with Crippen LogP contribution in [-0.2, 0) is 11.2 Å². The zero-order chi connectivity index (χ0) is 15.8. The fourth-order valence-electron chi connectivity index (χ4n) is 3.00. The van der Waals surface area contributed by atoms with E-state index in [1.54, 1.807) is 0 Å². The summed E-state index contributed by atoms with van der Waals surface area (Å²) in [5, 5.41) is 5.19. The van der Waals surface area contributed by atoms with Crippen molar-refractivity contribution in [3.63, 3.8) is 0 Å². The Morgan fingerprint density at radius 1 is 1.09 bits per heavy atom. The van der Waals surface area contributed by atoms with Crippen LogP contribution in [0.15, 0.2) is 54.7 Å². The minimum absolute atomic E-state index is 0.00811. The summed E-state index contributed by atoms with van der Waals surface area (Å²) in [7, 11) is 0. The lowest BCUT2D eigenvalue weighted by Crippen LogP contribution is -2.14. The molecule has 2 aromatic heterocycles. The molecule has 0 atom stereocenters. The molecule has 0 bridgehead atoms. The third-order valence-electron chi connectivity index (χ3n) is 4.06. The zero-order valence-corrected chi connectivity index (χ0v) is 12.8. The van der Waals surface area contributed by atoms with Crippen LogP contribution >= 0.6 is 0 Å². The van der Waals surface area contributed by atoms with Crippen LogP contribution in [0.1, 0.15) is 11.3 Å². The molecular weight excluding hydrogens is 286 g/mol. The minimum atomic E-state index is -0.00811. The van der Waals surface area contributed by atoms with E-state index in [0.29, 0.717) is 6.42 Å². The van der Waals surface area contributed by atoms with E-state index in [0.717, 1.165) is 38.8 Å². The van der Waals surface area contributed by atoms with Gasteiger partial charge in [0.1, 0.15) is 0 Å². The molecule has 4 aromatic rings. The number of aryl methyl sites for hydroxylation is 1. The first kappa shape index (κ1) is 13.6. The Bertz CT molecular complexity index is 1010. The molecule has 4 rings (SSSR count). The Labute approximate surface area is 133 Å². The number of carbonyl (C=O) groups is 1. The second kappa shape index (κ2) is 5.32. The van der Waals surface area contributed by atoms with Gasteiger partial charge in [-0.15, -0.1) is 0 Å². The van der Waals surface area contributed by atoms with E-state index in [9.17, 15) is 4.79 Å². The van der Waals surface area contributed by atoms with Crippen LogP contribution in [0, 0.1) is 6.92 Å². The molecule has 0 radical (unpaired) electrons. The van der Waals surface area contributed by atoms with Crippen molar-refractivity contribution in [1.82, 2.24) is 9.97 Å². The molecular formula is C19H17N3O. The van der Waals surface area contributed by atoms with Crippen molar-refractivity contribution < 1.29 is 4.79 Å². The third-order valence-corrected chi connectivity index (χ3v) is 4.06. The fourth-order valence-corrected chi connectivity index (χ4v) is 3.00. The molecule has 0 aliphatic heterocycles. The Kier molecular flexibility index (Phi) is 3.15. The topological polar surface area (TPSA) is 60.7 Å². The van der Waals surface area contributed by atoms with Crippen LogP contribution in [0.2, 0.25) is 0 Å². The number of H-pyrrole nitrogens is 2. The molecule has 0 fully saturated rings. The first-order chi connectivity index (χ1) is 11.2. The standard InChI is InChI=1S/C19H17N3O/c1-12-9-15-17(21-12)3-2-4-18(15)22-19(23)11-13-5-6-16-14(10-13)7-8-20-16/h2-10,20-21H,11H2,1H3,(H,22,23). The van der Waals surface area contributed by atoms with Gasteiger partial charge >= 0.3 is 0 Å². The number of fused-ring (bicyclic) bond motifs is 2. The zero-order valence-electron chi connectivity index (χ0n) is 12.8. The number of rotatable bonds is 3. The maximum absolute atomic E-state index is 12.4. The Balaban J connectivity index is 1.56. The average Bonchev–Trinajstić information content (AvgIpc) is 3.12. The van der Waals surface area contributed by atoms with E-state index in [1.165, 1.54) is 0 Å². The van der Waals surface area contributed by atoms with E-state index in [2.05, 4.69) is 21.4 Å². The van der Waals surface area contributed by atoms with Gasteiger partial charge in [-0.2, -0.15) is 0 Å². The molecule has 4 heteroatoms. The molecule has 0 aliphatic carbocycles. The molecule has 4 nitrogen and oxygen atoms in total. The van der Waals surface area contributed by atoms with Gasteiger partial charge in [0, 0.05) is 28.3 Å². The predicted octanol–water partition coefficient (Wildman–Crippen LogP) is 4.14. The number of carbonyl (C=O) groups excluding carboxylic acids is 1. The number of hydrogen-bond acceptors (Lipinski definition) is 1. The normalized spacial score (nSPS) is 11.2. The maximum Gasteiger partial charge on any atom is 0.228 e. The van der Waals surface area contributed by atoms with Crippen LogP contribution in [0.4, 0.5) is 5.69 Å². The highest BCUT2D eigenvalue weighted by atomic mass is 16.1. The lowest BCUT2D eigenvalue weighted by atomic mass is 10.1. The van der Waals surface area contributed by atoms with Crippen molar-refractivity contribution in [2.75, 3.05) is 5.32 Å². The van der Waals surface area contributed by atoms with E-state index in [4.69, 9.17) is 0 Å². The van der Waals surface area contributed by atoms with Crippen molar-refractivity contribution in [1.29, 1.82) is 0 Å². The molecule has 0 unspecified atom stereocenters. The Hall–Kier alpha value is -3.01. The van der Waals surface area contributed by atoms with Crippen LogP contribution in [-0.4, -0.2) is 15.9 Å². The van der Waals surface area contributed by atoms with Gasteiger partial charge in [0.2, 0.25) is 5.91 Å². The molecule has 2 heterocycles. The van der Waals surface area contributed by atoms with Gasteiger partial charge in [-0.05, 0) is 54.3 Å². The van der Waals surface area contributed by atoms with Crippen LogP contribution in [0.5, 0.6) is 0 Å². The second-order valence-corrected chi connectivity index (χ2v) is 5.84. The van der Waals surface area contributed by atoms with Gasteiger partial charge in [0.25, 0.3) is 0 Å². The van der Waals surface area contributed by atoms with Gasteiger partial charge in [0.05, 0.1) is 12.1 Å². The Morgan fingerprint density at radius 2 is 2.00 bits per heavy atom. The largest absolute Gasteiger partial charge is 0.361 e. The number of anilines is 1. The quantitative estimate of drug-likeness (QED) is 0.523. The molecule has 1 amide bonds. The number of amides is 1. The summed E-state index contributed by atoms with van der Waals surface area (Å²) >= 11 is 0. The Morgan fingerprint density at radius 3 is 2.91 bits per heavy atom. The van der Waals surface area contributed by atoms with Gasteiger partial charge in [-0.25, -0.2) is 0 Å². The minimum Gasteiger partial charge on any atom is -0.361 e. The molecule has 23 heavy (non-hydrogen) atoms. The first-order valence-corrected chi connectivity index (χ1v) is 7.63. The average molecular weight is 303 g/mol. The lowest BCUT2D eigenvalue weighted by Gasteiger charge is -2.07. The van der Waals surface area contributed by atoms with Gasteiger partial charge in [-0.3, -0.25) is 4.79 Å². The van der Waals surface area contributed by atoms with Gasteiger partial charge in [-0.1, -0.05) is 12.1 Å². The highest BCUT2D eigenvalue weighted by Crippen LogP contribution is 2.24. The second-order valence-electron chi connectivity index (χ2n) is 5.84. The fraction of sp³-hybridized carbons (Fsp3) is 0.105. The predicted molar refractivity (Wildman–Crippen MR) is 93.7 cm³/mol. The van der Waals surface area contributed by atoms with Gasteiger partial charge < -0.3 is 15.3 Å². The molecule has 114 valence electrons. The molecule has 0 saturated carbocycles. The van der Waals surface area contributed by atoms with Crippen LogP contribution < -0.4 is 5.32 Å². The van der Waals surface area contributed by atoms with Crippen molar-refractivity contribution in [2.24, 2.45) is 0 Å². The molecule has 2 aromatic carbocycles. The van der Waals surface area contributed by atoms with E-state index in [-0.39, 0.29) is 5.91 Å². The van der Waals surface area contributed by atoms with Crippen molar-refractivity contribution >= 4 is 33.4 Å². The van der Waals surface area contributed by atoms with Crippen LogP contribution in [0.3, 0.4) is 0 Å². The summed E-state index contributed by atoms with van der Waals surface area (Å²) in [5.74, 6) is -0.00811. The summed E-state index contributed by atoms with van der Waals surface area (Å²) in [6.07, 6.45) is 2.27. The summed E-state index contributed by atoms with van der Waals surface area (Å²) in [4.78, 5) is 18.8. The molecule has 3 N–H and O–H groups in total. The SMILES string of the molecule is Cc1cc2c(NC(=O)Cc3ccc4[nH]ccc4c3)cccc2[nH]1. The summed E-state index contributed by atoms with van der Waals surface area (Å²) < 4.78 is 0. The van der Waals surface area contributed by atoms with Gasteiger partial charge in [0.15, 0.2) is 0 Å². The van der Waals surface area contributed by atoms with E-state index < -0.39 is 0 Å². The number of aromatic amines is 2.